The van der Waals surface area contributed by atoms with Gasteiger partial charge in [-0.3, -0.25) is 19.5 Å². The first kappa shape index (κ1) is 19.9. The Hall–Kier alpha value is -4.40. The molecule has 0 spiro atoms. The number of benzene rings is 2. The minimum absolute atomic E-state index is 0.0410. The van der Waals surface area contributed by atoms with E-state index in [1.165, 1.54) is 10.7 Å². The van der Waals surface area contributed by atoms with Crippen LogP contribution in [0.3, 0.4) is 0 Å². The molecule has 0 aliphatic carbocycles. The Kier molecular flexibility index (Phi) is 5.48. The van der Waals surface area contributed by atoms with Crippen molar-refractivity contribution in [3.63, 3.8) is 0 Å². The number of rotatable bonds is 7. The molecular weight excluding hydrogens is 398 g/mol. The first-order valence-electron chi connectivity index (χ1n) is 9.50. The van der Waals surface area contributed by atoms with Crippen molar-refractivity contribution in [3.8, 4) is 11.4 Å². The summed E-state index contributed by atoms with van der Waals surface area (Å²) in [5, 5.41) is 14.8. The zero-order valence-corrected chi connectivity index (χ0v) is 16.3. The van der Waals surface area contributed by atoms with Crippen LogP contribution in [0.15, 0.2) is 84.2 Å². The fourth-order valence-corrected chi connectivity index (χ4v) is 3.23. The normalized spacial score (nSPS) is 11.7. The third-order valence-electron chi connectivity index (χ3n) is 4.76. The van der Waals surface area contributed by atoms with Gasteiger partial charge in [0.15, 0.2) is 0 Å². The summed E-state index contributed by atoms with van der Waals surface area (Å²) < 4.78 is 3.06. The number of aliphatic carboxylic acids is 1. The molecule has 0 bridgehead atoms. The van der Waals surface area contributed by atoms with Crippen molar-refractivity contribution in [1.82, 2.24) is 24.6 Å². The van der Waals surface area contributed by atoms with Gasteiger partial charge in [-0.05, 0) is 29.8 Å². The Morgan fingerprint density at radius 3 is 2.45 bits per heavy atom. The van der Waals surface area contributed by atoms with Crippen molar-refractivity contribution in [2.75, 3.05) is 0 Å². The summed E-state index contributed by atoms with van der Waals surface area (Å²) in [5.74, 6) is -1.63. The monoisotopic (exact) mass is 417 g/mol. The van der Waals surface area contributed by atoms with Gasteiger partial charge in [-0.25, -0.2) is 9.67 Å². The number of carboxylic acid groups (broad SMARTS) is 1. The lowest BCUT2D eigenvalue weighted by Crippen LogP contribution is -2.30. The van der Waals surface area contributed by atoms with Crippen LogP contribution < -0.4 is 10.9 Å². The number of carbonyl (C=O) groups is 2. The second-order valence-electron chi connectivity index (χ2n) is 6.86. The summed E-state index contributed by atoms with van der Waals surface area (Å²) >= 11 is 0. The van der Waals surface area contributed by atoms with E-state index in [1.807, 2.05) is 22.8 Å². The number of carbonyl (C=O) groups excluding carboxylic acids is 1. The third-order valence-corrected chi connectivity index (χ3v) is 4.76. The minimum atomic E-state index is -1.06. The van der Waals surface area contributed by atoms with Crippen LogP contribution in [0, 0.1) is 0 Å². The van der Waals surface area contributed by atoms with E-state index in [9.17, 15) is 19.5 Å². The molecule has 2 aromatic heterocycles. The lowest BCUT2D eigenvalue weighted by molar-refractivity contribution is -0.137. The standard InChI is InChI=1S/C22H19N5O4/c28-20-12-19(25-27(20)17-4-2-1-3-5-17)22(31)24-18(13-21(29)30)15-6-8-16(9-7-15)26-11-10-23-14-26/h1-12,14,18,25H,13H2,(H,24,31)(H,29,30). The Labute approximate surface area is 176 Å². The molecule has 4 aromatic rings. The molecule has 0 aliphatic heterocycles. The highest BCUT2D eigenvalue weighted by atomic mass is 16.4. The Morgan fingerprint density at radius 2 is 1.81 bits per heavy atom. The summed E-state index contributed by atoms with van der Waals surface area (Å²) in [4.78, 5) is 40.4. The van der Waals surface area contributed by atoms with Crippen LogP contribution in [-0.4, -0.2) is 36.3 Å². The number of H-pyrrole nitrogens is 1. The Balaban J connectivity index is 1.56. The van der Waals surface area contributed by atoms with Crippen molar-refractivity contribution in [1.29, 1.82) is 0 Å². The van der Waals surface area contributed by atoms with Crippen LogP contribution >= 0.6 is 0 Å². The molecule has 9 nitrogen and oxygen atoms in total. The van der Waals surface area contributed by atoms with Gasteiger partial charge < -0.3 is 15.0 Å². The number of nitrogens with zero attached hydrogens (tertiary/aromatic N) is 3. The molecule has 1 unspecified atom stereocenters. The number of para-hydroxylation sites is 1. The lowest BCUT2D eigenvalue weighted by Gasteiger charge is -2.17. The van der Waals surface area contributed by atoms with Crippen LogP contribution in [-0.2, 0) is 4.79 Å². The van der Waals surface area contributed by atoms with Gasteiger partial charge in [-0.15, -0.1) is 0 Å². The fourth-order valence-electron chi connectivity index (χ4n) is 3.23. The van der Waals surface area contributed by atoms with Crippen LogP contribution in [0.4, 0.5) is 0 Å². The second kappa shape index (κ2) is 8.54. The Bertz CT molecular complexity index is 1240. The molecular formula is C22H19N5O4. The number of amides is 1. The van der Waals surface area contributed by atoms with Gasteiger partial charge in [-0.2, -0.15) is 0 Å². The van der Waals surface area contributed by atoms with Crippen molar-refractivity contribution in [2.24, 2.45) is 0 Å². The molecule has 0 saturated heterocycles. The van der Waals surface area contributed by atoms with Gasteiger partial charge in [0.2, 0.25) is 0 Å². The van der Waals surface area contributed by atoms with E-state index in [1.54, 1.807) is 55.1 Å². The molecule has 2 heterocycles. The average molecular weight is 417 g/mol. The Morgan fingerprint density at radius 1 is 1.06 bits per heavy atom. The van der Waals surface area contributed by atoms with Gasteiger partial charge in [-0.1, -0.05) is 30.3 Å². The second-order valence-corrected chi connectivity index (χ2v) is 6.86. The molecule has 2 aromatic carbocycles. The highest BCUT2D eigenvalue weighted by molar-refractivity contribution is 5.92. The van der Waals surface area contributed by atoms with Gasteiger partial charge in [0.1, 0.15) is 5.69 Å². The predicted octanol–water partition coefficient (Wildman–Crippen LogP) is 2.30. The van der Waals surface area contributed by atoms with Crippen LogP contribution in [0.2, 0.25) is 0 Å². The topological polar surface area (TPSA) is 122 Å². The van der Waals surface area contributed by atoms with Crippen molar-refractivity contribution in [2.45, 2.75) is 12.5 Å². The van der Waals surface area contributed by atoms with Crippen molar-refractivity contribution in [3.05, 3.63) is 101 Å². The minimum Gasteiger partial charge on any atom is -0.481 e. The van der Waals surface area contributed by atoms with Crippen LogP contribution in [0.5, 0.6) is 0 Å². The third kappa shape index (κ3) is 4.45. The van der Waals surface area contributed by atoms with Crippen LogP contribution in [0.1, 0.15) is 28.5 Å². The van der Waals surface area contributed by atoms with E-state index < -0.39 is 23.5 Å². The highest BCUT2D eigenvalue weighted by Crippen LogP contribution is 2.20. The first-order valence-corrected chi connectivity index (χ1v) is 9.50. The molecule has 3 N–H and O–H groups in total. The van der Waals surface area contributed by atoms with E-state index in [0.29, 0.717) is 11.3 Å². The number of carboxylic acids is 1. The summed E-state index contributed by atoms with van der Waals surface area (Å²) in [7, 11) is 0. The first-order chi connectivity index (χ1) is 15.0. The number of aromatic amines is 1. The molecule has 156 valence electrons. The van der Waals surface area contributed by atoms with Crippen molar-refractivity contribution >= 4 is 11.9 Å². The van der Waals surface area contributed by atoms with Crippen LogP contribution in [0.25, 0.3) is 11.4 Å². The van der Waals surface area contributed by atoms with Gasteiger partial charge in [0, 0.05) is 24.1 Å². The number of imidazole rings is 1. The molecule has 0 saturated carbocycles. The molecule has 31 heavy (non-hydrogen) atoms. The van der Waals surface area contributed by atoms with E-state index in [2.05, 4.69) is 15.4 Å². The highest BCUT2D eigenvalue weighted by Gasteiger charge is 2.21. The van der Waals surface area contributed by atoms with Gasteiger partial charge in [0.05, 0.1) is 24.5 Å². The summed E-state index contributed by atoms with van der Waals surface area (Å²) in [6.07, 6.45) is 4.79. The largest absolute Gasteiger partial charge is 0.481 e. The summed E-state index contributed by atoms with van der Waals surface area (Å²) in [6, 6.07) is 16.4. The predicted molar refractivity (Wildman–Crippen MR) is 112 cm³/mol. The fraction of sp³-hybridized carbons (Fsp3) is 0.0909. The molecule has 1 atom stereocenters. The van der Waals surface area contributed by atoms with Crippen molar-refractivity contribution < 1.29 is 14.7 Å². The molecule has 0 aliphatic rings. The van der Waals surface area contributed by atoms with E-state index in [4.69, 9.17) is 0 Å². The zero-order valence-electron chi connectivity index (χ0n) is 16.3. The zero-order chi connectivity index (χ0) is 21.8. The number of hydrogen-bond donors (Lipinski definition) is 3. The molecule has 0 radical (unpaired) electrons. The van der Waals surface area contributed by atoms with E-state index in [0.717, 1.165) is 5.69 Å². The van der Waals surface area contributed by atoms with E-state index in [-0.39, 0.29) is 12.1 Å². The maximum Gasteiger partial charge on any atom is 0.305 e. The van der Waals surface area contributed by atoms with Gasteiger partial charge in [0.25, 0.3) is 11.5 Å². The maximum atomic E-state index is 12.8. The maximum absolute atomic E-state index is 12.8. The number of hydrogen-bond acceptors (Lipinski definition) is 4. The molecule has 0 fully saturated rings. The molecule has 9 heteroatoms. The smallest absolute Gasteiger partial charge is 0.305 e. The number of nitrogens with one attached hydrogen (secondary N) is 2. The molecule has 1 amide bonds. The summed E-state index contributed by atoms with van der Waals surface area (Å²) in [5.41, 5.74) is 1.72. The number of aromatic nitrogens is 4. The molecule has 4 rings (SSSR count). The van der Waals surface area contributed by atoms with Gasteiger partial charge >= 0.3 is 5.97 Å². The SMILES string of the molecule is O=C(O)CC(NC(=O)c1cc(=O)n(-c2ccccc2)[nH]1)c1ccc(-n2ccnc2)cc1. The average Bonchev–Trinajstić information content (AvgIpc) is 3.44. The van der Waals surface area contributed by atoms with E-state index >= 15 is 0 Å². The quantitative estimate of drug-likeness (QED) is 0.426. The lowest BCUT2D eigenvalue weighted by atomic mass is 10.0. The summed E-state index contributed by atoms with van der Waals surface area (Å²) in [6.45, 7) is 0.